The molecule has 1 N–H and O–H groups in total. The second kappa shape index (κ2) is 4.07. The van der Waals surface area contributed by atoms with E-state index in [0.29, 0.717) is 17.2 Å². The first kappa shape index (κ1) is 9.77. The zero-order chi connectivity index (χ0) is 9.84. The van der Waals surface area contributed by atoms with Crippen molar-refractivity contribution in [3.63, 3.8) is 0 Å². The highest BCUT2D eigenvalue weighted by Crippen LogP contribution is 2.13. The Morgan fingerprint density at radius 2 is 2.38 bits per heavy atom. The average Bonchev–Trinajstić information content (AvgIpc) is 2.34. The standard InChI is InChI=1S/C9H13NO3/c1-6(2)3-8-7(4-9(11)12)5-10-13-8/h5-6H,3-4H2,1-2H3,(H,11,12). The van der Waals surface area contributed by atoms with Crippen LogP contribution in [0.2, 0.25) is 0 Å². The van der Waals surface area contributed by atoms with Crippen molar-refractivity contribution in [1.82, 2.24) is 5.16 Å². The van der Waals surface area contributed by atoms with Gasteiger partial charge in [-0.1, -0.05) is 19.0 Å². The van der Waals surface area contributed by atoms with E-state index in [0.717, 1.165) is 6.42 Å². The zero-order valence-corrected chi connectivity index (χ0v) is 7.78. The van der Waals surface area contributed by atoms with Gasteiger partial charge >= 0.3 is 5.97 Å². The van der Waals surface area contributed by atoms with Gasteiger partial charge in [0, 0.05) is 12.0 Å². The van der Waals surface area contributed by atoms with Crippen LogP contribution in [-0.4, -0.2) is 16.2 Å². The second-order valence-corrected chi connectivity index (χ2v) is 3.44. The third-order valence-electron chi connectivity index (χ3n) is 1.66. The van der Waals surface area contributed by atoms with Gasteiger partial charge in [-0.15, -0.1) is 0 Å². The molecule has 0 bridgehead atoms. The molecule has 0 unspecified atom stereocenters. The fourth-order valence-electron chi connectivity index (χ4n) is 1.13. The van der Waals surface area contributed by atoms with E-state index in [1.807, 2.05) is 13.8 Å². The maximum atomic E-state index is 10.4. The number of carbonyl (C=O) groups is 1. The van der Waals surface area contributed by atoms with Crippen molar-refractivity contribution in [1.29, 1.82) is 0 Å². The van der Waals surface area contributed by atoms with Crippen LogP contribution in [0.4, 0.5) is 0 Å². The summed E-state index contributed by atoms with van der Waals surface area (Å²) in [5.41, 5.74) is 0.682. The van der Waals surface area contributed by atoms with Gasteiger partial charge in [0.2, 0.25) is 0 Å². The summed E-state index contributed by atoms with van der Waals surface area (Å²) in [4.78, 5) is 10.4. The maximum Gasteiger partial charge on any atom is 0.308 e. The molecule has 0 aromatic carbocycles. The third kappa shape index (κ3) is 2.89. The molecule has 4 nitrogen and oxygen atoms in total. The fourth-order valence-corrected chi connectivity index (χ4v) is 1.13. The molecule has 0 amide bonds. The number of hydrogen-bond acceptors (Lipinski definition) is 3. The molecule has 0 atom stereocenters. The van der Waals surface area contributed by atoms with Crippen LogP contribution in [0.3, 0.4) is 0 Å². The van der Waals surface area contributed by atoms with Gasteiger partial charge in [0.1, 0.15) is 5.76 Å². The molecule has 1 rings (SSSR count). The number of carboxylic acids is 1. The normalized spacial score (nSPS) is 10.7. The number of aromatic nitrogens is 1. The molecule has 4 heteroatoms. The Kier molecular flexibility index (Phi) is 3.06. The predicted octanol–water partition coefficient (Wildman–Crippen LogP) is 1.50. The Bertz CT molecular complexity index is 291. The summed E-state index contributed by atoms with van der Waals surface area (Å²) in [7, 11) is 0. The lowest BCUT2D eigenvalue weighted by atomic mass is 10.0. The van der Waals surface area contributed by atoms with Gasteiger partial charge in [0.05, 0.1) is 12.6 Å². The van der Waals surface area contributed by atoms with Crippen molar-refractivity contribution in [2.75, 3.05) is 0 Å². The molecule has 1 heterocycles. The van der Waals surface area contributed by atoms with Crippen molar-refractivity contribution in [3.05, 3.63) is 17.5 Å². The summed E-state index contributed by atoms with van der Waals surface area (Å²) in [5.74, 6) is 0.283. The molecule has 0 radical (unpaired) electrons. The van der Waals surface area contributed by atoms with Gasteiger partial charge in [-0.25, -0.2) is 0 Å². The molecule has 0 fully saturated rings. The van der Waals surface area contributed by atoms with Crippen LogP contribution in [0.5, 0.6) is 0 Å². The van der Waals surface area contributed by atoms with Crippen molar-refractivity contribution >= 4 is 5.97 Å². The zero-order valence-electron chi connectivity index (χ0n) is 7.78. The minimum Gasteiger partial charge on any atom is -0.481 e. The highest BCUT2D eigenvalue weighted by atomic mass is 16.5. The fraction of sp³-hybridized carbons (Fsp3) is 0.556. The van der Waals surface area contributed by atoms with E-state index in [9.17, 15) is 4.79 Å². The molecule has 13 heavy (non-hydrogen) atoms. The quantitative estimate of drug-likeness (QED) is 0.768. The van der Waals surface area contributed by atoms with Gasteiger partial charge in [-0.3, -0.25) is 4.79 Å². The van der Waals surface area contributed by atoms with E-state index in [1.54, 1.807) is 0 Å². The van der Waals surface area contributed by atoms with Crippen molar-refractivity contribution in [2.24, 2.45) is 5.92 Å². The van der Waals surface area contributed by atoms with E-state index in [-0.39, 0.29) is 6.42 Å². The van der Waals surface area contributed by atoms with Crippen molar-refractivity contribution < 1.29 is 14.4 Å². The summed E-state index contributed by atoms with van der Waals surface area (Å²) < 4.78 is 4.96. The molecule has 0 aliphatic heterocycles. The Labute approximate surface area is 76.5 Å². The average molecular weight is 183 g/mol. The lowest BCUT2D eigenvalue weighted by Gasteiger charge is -2.01. The Hall–Kier alpha value is -1.32. The Balaban J connectivity index is 2.71. The smallest absolute Gasteiger partial charge is 0.308 e. The topological polar surface area (TPSA) is 63.3 Å². The minimum atomic E-state index is -0.854. The highest BCUT2D eigenvalue weighted by molar-refractivity contribution is 5.70. The number of carboxylic acid groups (broad SMARTS) is 1. The van der Waals surface area contributed by atoms with E-state index < -0.39 is 5.97 Å². The first-order valence-corrected chi connectivity index (χ1v) is 4.23. The summed E-state index contributed by atoms with van der Waals surface area (Å²) in [6, 6.07) is 0. The number of rotatable bonds is 4. The highest BCUT2D eigenvalue weighted by Gasteiger charge is 2.12. The molecule has 0 aliphatic carbocycles. The van der Waals surface area contributed by atoms with Crippen LogP contribution in [-0.2, 0) is 17.6 Å². The monoisotopic (exact) mass is 183 g/mol. The summed E-state index contributed by atoms with van der Waals surface area (Å²) in [6.45, 7) is 4.10. The largest absolute Gasteiger partial charge is 0.481 e. The van der Waals surface area contributed by atoms with Crippen LogP contribution in [0.1, 0.15) is 25.2 Å². The van der Waals surface area contributed by atoms with Crippen LogP contribution < -0.4 is 0 Å². The molecule has 0 aliphatic rings. The molecule has 1 aromatic rings. The lowest BCUT2D eigenvalue weighted by Crippen LogP contribution is -2.03. The Morgan fingerprint density at radius 1 is 1.69 bits per heavy atom. The minimum absolute atomic E-state index is 0.00838. The summed E-state index contributed by atoms with van der Waals surface area (Å²) >= 11 is 0. The van der Waals surface area contributed by atoms with Crippen molar-refractivity contribution in [3.8, 4) is 0 Å². The van der Waals surface area contributed by atoms with E-state index in [2.05, 4.69) is 5.16 Å². The van der Waals surface area contributed by atoms with Gasteiger partial charge in [0.25, 0.3) is 0 Å². The van der Waals surface area contributed by atoms with Crippen LogP contribution in [0, 0.1) is 5.92 Å². The number of nitrogens with zero attached hydrogens (tertiary/aromatic N) is 1. The molecule has 0 saturated carbocycles. The van der Waals surface area contributed by atoms with E-state index >= 15 is 0 Å². The summed E-state index contributed by atoms with van der Waals surface area (Å²) in [5, 5.41) is 12.2. The predicted molar refractivity (Wildman–Crippen MR) is 46.4 cm³/mol. The molecule has 1 aromatic heterocycles. The first-order chi connectivity index (χ1) is 6.09. The summed E-state index contributed by atoms with van der Waals surface area (Å²) in [6.07, 6.45) is 2.21. The van der Waals surface area contributed by atoms with Crippen molar-refractivity contribution in [2.45, 2.75) is 26.7 Å². The molecule has 72 valence electrons. The number of hydrogen-bond donors (Lipinski definition) is 1. The first-order valence-electron chi connectivity index (χ1n) is 4.23. The van der Waals surface area contributed by atoms with E-state index in [4.69, 9.17) is 9.63 Å². The molecular formula is C9H13NO3. The molecule has 0 spiro atoms. The SMILES string of the molecule is CC(C)Cc1oncc1CC(=O)O. The van der Waals surface area contributed by atoms with Gasteiger partial charge in [0.15, 0.2) is 0 Å². The van der Waals surface area contributed by atoms with Gasteiger partial charge in [-0.2, -0.15) is 0 Å². The molecule has 0 saturated heterocycles. The lowest BCUT2D eigenvalue weighted by molar-refractivity contribution is -0.136. The van der Waals surface area contributed by atoms with E-state index in [1.165, 1.54) is 6.20 Å². The van der Waals surface area contributed by atoms with Crippen LogP contribution in [0.15, 0.2) is 10.7 Å². The van der Waals surface area contributed by atoms with Gasteiger partial charge in [-0.05, 0) is 5.92 Å². The third-order valence-corrected chi connectivity index (χ3v) is 1.66. The number of aliphatic carboxylic acids is 1. The molecular weight excluding hydrogens is 170 g/mol. The Morgan fingerprint density at radius 3 is 2.92 bits per heavy atom. The van der Waals surface area contributed by atoms with Crippen LogP contribution >= 0.6 is 0 Å². The second-order valence-electron chi connectivity index (χ2n) is 3.44. The maximum absolute atomic E-state index is 10.4. The van der Waals surface area contributed by atoms with Gasteiger partial charge < -0.3 is 9.63 Å². The van der Waals surface area contributed by atoms with Crippen LogP contribution in [0.25, 0.3) is 0 Å².